The van der Waals surface area contributed by atoms with E-state index < -0.39 is 21.9 Å². The first-order valence-electron chi connectivity index (χ1n) is 6.07. The fourth-order valence-corrected chi connectivity index (χ4v) is 2.26. The highest BCUT2D eigenvalue weighted by molar-refractivity contribution is 7.98. The summed E-state index contributed by atoms with van der Waals surface area (Å²) >= 11 is 1.11. The van der Waals surface area contributed by atoms with Gasteiger partial charge in [0.25, 0.3) is 5.56 Å². The topological polar surface area (TPSA) is 142 Å². The molecular formula is C13H10N4O5S. The molecule has 1 heterocycles. The van der Waals surface area contributed by atoms with Crippen molar-refractivity contribution in [3.8, 4) is 28.8 Å². The number of rotatable bonds is 4. The summed E-state index contributed by atoms with van der Waals surface area (Å²) in [6.45, 7) is 0. The number of nitro groups is 1. The van der Waals surface area contributed by atoms with Crippen LogP contribution in [-0.4, -0.2) is 33.4 Å². The van der Waals surface area contributed by atoms with Gasteiger partial charge in [-0.25, -0.2) is 4.98 Å². The summed E-state index contributed by atoms with van der Waals surface area (Å²) in [6.07, 6.45) is 1.65. The summed E-state index contributed by atoms with van der Waals surface area (Å²) in [6, 6.07) is 4.00. The summed E-state index contributed by atoms with van der Waals surface area (Å²) in [5.41, 5.74) is -1.96. The van der Waals surface area contributed by atoms with E-state index in [9.17, 15) is 20.0 Å². The molecule has 0 amide bonds. The summed E-state index contributed by atoms with van der Waals surface area (Å²) in [5, 5.41) is 30.6. The van der Waals surface area contributed by atoms with Crippen LogP contribution in [0, 0.1) is 21.4 Å². The molecule has 0 saturated carbocycles. The number of phenols is 1. The van der Waals surface area contributed by atoms with Crippen LogP contribution in [0.3, 0.4) is 0 Å². The van der Waals surface area contributed by atoms with E-state index >= 15 is 0 Å². The lowest BCUT2D eigenvalue weighted by molar-refractivity contribution is -0.385. The Morgan fingerprint density at radius 3 is 2.74 bits per heavy atom. The van der Waals surface area contributed by atoms with Gasteiger partial charge in [0.15, 0.2) is 5.16 Å². The van der Waals surface area contributed by atoms with Crippen LogP contribution < -0.4 is 10.3 Å². The molecule has 1 aromatic heterocycles. The third kappa shape index (κ3) is 2.95. The van der Waals surface area contributed by atoms with E-state index in [-0.39, 0.29) is 27.7 Å². The fourth-order valence-electron chi connectivity index (χ4n) is 1.88. The molecule has 23 heavy (non-hydrogen) atoms. The molecule has 2 N–H and O–H groups in total. The van der Waals surface area contributed by atoms with E-state index in [0.29, 0.717) is 0 Å². The minimum atomic E-state index is -0.796. The van der Waals surface area contributed by atoms with Crippen LogP contribution in [0.25, 0.3) is 11.3 Å². The second kappa shape index (κ2) is 6.37. The summed E-state index contributed by atoms with van der Waals surface area (Å²) < 4.78 is 4.97. The Bertz CT molecular complexity index is 887. The number of nitrogens with zero attached hydrogens (tertiary/aromatic N) is 3. The number of aromatic hydroxyl groups is 1. The Balaban J connectivity index is 2.89. The molecule has 0 radical (unpaired) electrons. The molecule has 0 spiro atoms. The van der Waals surface area contributed by atoms with Crippen LogP contribution in [0.15, 0.2) is 22.1 Å². The second-order valence-corrected chi connectivity index (χ2v) is 5.01. The number of phenolic OH excluding ortho intramolecular Hbond substituents is 1. The Morgan fingerprint density at radius 1 is 1.52 bits per heavy atom. The predicted molar refractivity (Wildman–Crippen MR) is 81.7 cm³/mol. The zero-order chi connectivity index (χ0) is 17.1. The van der Waals surface area contributed by atoms with Crippen molar-refractivity contribution in [2.45, 2.75) is 5.16 Å². The van der Waals surface area contributed by atoms with Crippen LogP contribution in [0.5, 0.6) is 11.5 Å². The van der Waals surface area contributed by atoms with Crippen LogP contribution in [0.2, 0.25) is 0 Å². The predicted octanol–water partition coefficient (Wildman–Crippen LogP) is 1.65. The molecule has 1 aromatic carbocycles. The summed E-state index contributed by atoms with van der Waals surface area (Å²) in [4.78, 5) is 28.7. The van der Waals surface area contributed by atoms with Crippen molar-refractivity contribution in [3.05, 3.63) is 38.2 Å². The molecular weight excluding hydrogens is 324 g/mol. The van der Waals surface area contributed by atoms with E-state index in [1.54, 1.807) is 12.3 Å². The molecule has 0 bridgehead atoms. The van der Waals surface area contributed by atoms with Crippen molar-refractivity contribution in [2.75, 3.05) is 13.4 Å². The quantitative estimate of drug-likeness (QED) is 0.372. The third-order valence-corrected chi connectivity index (χ3v) is 3.53. The number of benzene rings is 1. The van der Waals surface area contributed by atoms with Crippen molar-refractivity contribution in [2.24, 2.45) is 0 Å². The standard InChI is InChI=1S/C13H10N4O5S/c1-22-6-3-7(11(18)9(4-6)17(20)21)10-8(5-14)12(19)16-13(15-10)23-2/h3-4,18H,1-2H3,(H,15,16,19). The first-order valence-corrected chi connectivity index (χ1v) is 7.29. The minimum absolute atomic E-state index is 0.0844. The number of ether oxygens (including phenoxy) is 1. The first-order chi connectivity index (χ1) is 10.9. The number of thioether (sulfide) groups is 1. The van der Waals surface area contributed by atoms with E-state index in [2.05, 4.69) is 9.97 Å². The number of aromatic amines is 1. The molecule has 0 aliphatic rings. The van der Waals surface area contributed by atoms with Gasteiger partial charge in [-0.15, -0.1) is 0 Å². The van der Waals surface area contributed by atoms with Crippen molar-refractivity contribution in [1.29, 1.82) is 5.26 Å². The van der Waals surface area contributed by atoms with E-state index in [1.165, 1.54) is 13.2 Å². The Labute approximate surface area is 133 Å². The Morgan fingerprint density at radius 2 is 2.22 bits per heavy atom. The molecule has 0 atom stereocenters. The Kier molecular flexibility index (Phi) is 4.52. The molecule has 118 valence electrons. The molecule has 0 aliphatic carbocycles. The van der Waals surface area contributed by atoms with Gasteiger partial charge < -0.3 is 14.8 Å². The average molecular weight is 334 g/mol. The first kappa shape index (κ1) is 16.3. The fraction of sp³-hybridized carbons (Fsp3) is 0.154. The van der Waals surface area contributed by atoms with Gasteiger partial charge in [0.05, 0.1) is 23.7 Å². The zero-order valence-electron chi connectivity index (χ0n) is 12.0. The second-order valence-electron chi connectivity index (χ2n) is 4.21. The highest BCUT2D eigenvalue weighted by Gasteiger charge is 2.24. The molecule has 10 heteroatoms. The number of aromatic nitrogens is 2. The third-order valence-electron chi connectivity index (χ3n) is 2.95. The largest absolute Gasteiger partial charge is 0.502 e. The molecule has 2 aromatic rings. The van der Waals surface area contributed by atoms with Crippen molar-refractivity contribution >= 4 is 17.4 Å². The lowest BCUT2D eigenvalue weighted by Gasteiger charge is -2.09. The lowest BCUT2D eigenvalue weighted by Crippen LogP contribution is -2.14. The van der Waals surface area contributed by atoms with Crippen LogP contribution in [0.4, 0.5) is 5.69 Å². The van der Waals surface area contributed by atoms with Gasteiger partial charge in [-0.2, -0.15) is 5.26 Å². The number of H-pyrrole nitrogens is 1. The van der Waals surface area contributed by atoms with Crippen molar-refractivity contribution in [3.63, 3.8) is 0 Å². The van der Waals surface area contributed by atoms with Gasteiger partial charge in [-0.3, -0.25) is 14.9 Å². The highest BCUT2D eigenvalue weighted by atomic mass is 32.2. The lowest BCUT2D eigenvalue weighted by atomic mass is 10.0. The number of nitro benzene ring substituents is 1. The maximum Gasteiger partial charge on any atom is 0.315 e. The Hall–Kier alpha value is -3.06. The van der Waals surface area contributed by atoms with Gasteiger partial charge in [0.1, 0.15) is 23.1 Å². The van der Waals surface area contributed by atoms with Crippen molar-refractivity contribution < 1.29 is 14.8 Å². The number of hydrogen-bond donors (Lipinski definition) is 2. The summed E-state index contributed by atoms with van der Waals surface area (Å²) in [5.74, 6) is -0.612. The molecule has 0 aliphatic heterocycles. The van der Waals surface area contributed by atoms with E-state index in [0.717, 1.165) is 17.8 Å². The SMILES string of the molecule is COc1cc(-c2nc(SC)[nH]c(=O)c2C#N)c(O)c([N+](=O)[O-])c1. The maximum absolute atomic E-state index is 11.9. The van der Waals surface area contributed by atoms with Gasteiger partial charge in [0.2, 0.25) is 5.75 Å². The molecule has 2 rings (SSSR count). The van der Waals surface area contributed by atoms with E-state index in [1.807, 2.05) is 0 Å². The molecule has 0 saturated heterocycles. The molecule has 0 unspecified atom stereocenters. The van der Waals surface area contributed by atoms with Gasteiger partial charge in [-0.05, 0) is 12.3 Å². The number of hydrogen-bond acceptors (Lipinski definition) is 8. The summed E-state index contributed by atoms with van der Waals surface area (Å²) in [7, 11) is 1.30. The van der Waals surface area contributed by atoms with Gasteiger partial charge >= 0.3 is 5.69 Å². The molecule has 0 fully saturated rings. The van der Waals surface area contributed by atoms with Crippen LogP contribution in [-0.2, 0) is 0 Å². The van der Waals surface area contributed by atoms with Gasteiger partial charge in [0, 0.05) is 0 Å². The van der Waals surface area contributed by atoms with Crippen LogP contribution in [0.1, 0.15) is 5.56 Å². The maximum atomic E-state index is 11.9. The highest BCUT2D eigenvalue weighted by Crippen LogP contribution is 2.40. The minimum Gasteiger partial charge on any atom is -0.502 e. The molecule has 9 nitrogen and oxygen atoms in total. The van der Waals surface area contributed by atoms with Crippen molar-refractivity contribution in [1.82, 2.24) is 9.97 Å². The van der Waals surface area contributed by atoms with Crippen LogP contribution >= 0.6 is 11.8 Å². The zero-order valence-corrected chi connectivity index (χ0v) is 12.8. The smallest absolute Gasteiger partial charge is 0.315 e. The normalized spacial score (nSPS) is 10.1. The number of methoxy groups -OCH3 is 1. The van der Waals surface area contributed by atoms with Gasteiger partial charge in [-0.1, -0.05) is 11.8 Å². The average Bonchev–Trinajstić information content (AvgIpc) is 2.53. The monoisotopic (exact) mass is 334 g/mol. The number of nitriles is 1. The number of nitrogens with one attached hydrogen (secondary N) is 1. The van der Waals surface area contributed by atoms with E-state index in [4.69, 9.17) is 10.00 Å².